The topological polar surface area (TPSA) is 213 Å². The Kier molecular flexibility index (Phi) is 10.6. The third kappa shape index (κ3) is 7.87. The van der Waals surface area contributed by atoms with Crippen LogP contribution in [-0.2, 0) is 19.1 Å². The van der Waals surface area contributed by atoms with Crippen molar-refractivity contribution < 1.29 is 38.2 Å². The summed E-state index contributed by atoms with van der Waals surface area (Å²) in [4.78, 5) is 74.2. The van der Waals surface area contributed by atoms with Crippen LogP contribution in [0.3, 0.4) is 0 Å². The van der Waals surface area contributed by atoms with E-state index in [0.717, 1.165) is 53.2 Å². The van der Waals surface area contributed by atoms with Crippen molar-refractivity contribution in [1.82, 2.24) is 34.9 Å². The van der Waals surface area contributed by atoms with Crippen LogP contribution in [0, 0.1) is 0 Å². The Morgan fingerprint density at radius 3 is 2.39 bits per heavy atom. The Hall–Kier alpha value is -6.72. The van der Waals surface area contributed by atoms with Crippen LogP contribution in [0.4, 0.5) is 16.3 Å². The quantitative estimate of drug-likeness (QED) is 0.120. The molecule has 0 radical (unpaired) electrons. The van der Waals surface area contributed by atoms with Crippen molar-refractivity contribution in [1.29, 1.82) is 0 Å². The van der Waals surface area contributed by atoms with E-state index in [9.17, 15) is 24.0 Å². The molecular formula is C40H39N9O8. The number of fused-ring (bicyclic) bond motifs is 2. The van der Waals surface area contributed by atoms with Crippen LogP contribution in [0.25, 0.3) is 22.3 Å². The van der Waals surface area contributed by atoms with Crippen LogP contribution in [0.5, 0.6) is 11.5 Å². The summed E-state index contributed by atoms with van der Waals surface area (Å²) in [6, 6.07) is 20.6. The average Bonchev–Trinajstić information content (AvgIpc) is 3.72. The normalized spacial score (nSPS) is 17.5. The van der Waals surface area contributed by atoms with Gasteiger partial charge in [0.15, 0.2) is 5.65 Å². The Labute approximate surface area is 326 Å². The number of para-hydroxylation sites is 1. The number of hydrogen-bond acceptors (Lipinski definition) is 13. The molecule has 4 N–H and O–H groups in total. The third-order valence-electron chi connectivity index (χ3n) is 10.2. The zero-order valence-corrected chi connectivity index (χ0v) is 30.8. The second-order valence-electron chi connectivity index (χ2n) is 13.8. The van der Waals surface area contributed by atoms with Crippen LogP contribution < -0.4 is 21.1 Å². The van der Waals surface area contributed by atoms with Gasteiger partial charge in [-0.1, -0.05) is 18.2 Å². The lowest BCUT2D eigenvalue weighted by Crippen LogP contribution is -2.54. The molecule has 3 aromatic carbocycles. The van der Waals surface area contributed by atoms with Gasteiger partial charge < -0.3 is 24.8 Å². The molecule has 17 nitrogen and oxygen atoms in total. The summed E-state index contributed by atoms with van der Waals surface area (Å²) in [5.74, 6) is -0.608. The van der Waals surface area contributed by atoms with E-state index in [1.54, 1.807) is 0 Å². The van der Waals surface area contributed by atoms with E-state index in [-0.39, 0.29) is 48.9 Å². The summed E-state index contributed by atoms with van der Waals surface area (Å²) in [5, 5.41) is 10.5. The molecule has 3 aliphatic rings. The highest BCUT2D eigenvalue weighted by Crippen LogP contribution is 2.35. The van der Waals surface area contributed by atoms with Gasteiger partial charge in [-0.05, 0) is 73.9 Å². The van der Waals surface area contributed by atoms with E-state index in [0.29, 0.717) is 30.4 Å². The van der Waals surface area contributed by atoms with Crippen molar-refractivity contribution in [2.24, 2.45) is 0 Å². The molecular weight excluding hydrogens is 734 g/mol. The van der Waals surface area contributed by atoms with Crippen LogP contribution in [0.1, 0.15) is 52.4 Å². The number of ether oxygens (including phenoxy) is 3. The first-order chi connectivity index (χ1) is 27.7. The van der Waals surface area contributed by atoms with E-state index >= 15 is 0 Å². The van der Waals surface area contributed by atoms with Crippen molar-refractivity contribution in [3.8, 4) is 22.8 Å². The highest BCUT2D eigenvalue weighted by molar-refractivity contribution is 6.24. The number of hydrogen-bond donors (Lipinski definition) is 3. The average molecular weight is 774 g/mol. The number of amides is 5. The Morgan fingerprint density at radius 1 is 0.860 bits per heavy atom. The van der Waals surface area contributed by atoms with Crippen molar-refractivity contribution >= 4 is 52.3 Å². The van der Waals surface area contributed by atoms with Crippen LogP contribution in [0.15, 0.2) is 79.1 Å². The number of imide groups is 2. The number of rotatable bonds is 12. The molecule has 3 aliphatic heterocycles. The third-order valence-corrected chi connectivity index (χ3v) is 10.2. The molecule has 5 heterocycles. The van der Waals surface area contributed by atoms with E-state index in [4.69, 9.17) is 25.0 Å². The summed E-state index contributed by atoms with van der Waals surface area (Å²) in [5.41, 5.74) is 9.07. The van der Waals surface area contributed by atoms with Gasteiger partial charge in [-0.3, -0.25) is 34.7 Å². The number of nitrogen functional groups attached to an aromatic ring is 1. The molecule has 2 fully saturated rings. The zero-order chi connectivity index (χ0) is 39.5. The molecule has 5 amide bonds. The molecule has 1 atom stereocenters. The highest BCUT2D eigenvalue weighted by Gasteiger charge is 2.44. The van der Waals surface area contributed by atoms with Crippen LogP contribution in [0.2, 0.25) is 0 Å². The van der Waals surface area contributed by atoms with Crippen LogP contribution in [-0.4, -0.2) is 105 Å². The summed E-state index contributed by atoms with van der Waals surface area (Å²) in [6.07, 6.45) is 2.49. The number of nitrogens with zero attached hydrogens (tertiary/aromatic N) is 6. The van der Waals surface area contributed by atoms with Gasteiger partial charge in [0, 0.05) is 37.3 Å². The second-order valence-corrected chi connectivity index (χ2v) is 13.8. The molecule has 8 rings (SSSR count). The van der Waals surface area contributed by atoms with E-state index in [2.05, 4.69) is 25.5 Å². The van der Waals surface area contributed by atoms with Crippen molar-refractivity contribution in [2.45, 2.75) is 37.8 Å². The van der Waals surface area contributed by atoms with E-state index in [1.807, 2.05) is 59.3 Å². The molecule has 2 saturated heterocycles. The number of likely N-dealkylation sites (tertiary alicyclic amines) is 1. The van der Waals surface area contributed by atoms with Crippen molar-refractivity contribution in [2.75, 3.05) is 50.5 Å². The summed E-state index contributed by atoms with van der Waals surface area (Å²) in [6.45, 7) is 3.00. The van der Waals surface area contributed by atoms with Gasteiger partial charge in [-0.25, -0.2) is 19.4 Å². The number of benzene rings is 3. The molecule has 17 heteroatoms. The standard InChI is InChI=1S/C40H39N9O8/c41-35-33-34(24-6-9-28(10-7-24)57-27-4-2-1-3-5-27)46-49(36(33)43-23-42-35)26-14-16-47(17-15-26)18-19-55-20-21-56-40(54)44-25-8-11-29-30(22-25)39(53)48(38(29)52)31-12-13-32(50)45-37(31)51/h1-11,22-23,26,31H,12-21H2,(H,44,54)(H2,41,42,43)(H,45,50,51). The fraction of sp³-hybridized carbons (Fsp3) is 0.300. The molecule has 57 heavy (non-hydrogen) atoms. The predicted octanol–water partition coefficient (Wildman–Crippen LogP) is 4.17. The Morgan fingerprint density at radius 2 is 1.61 bits per heavy atom. The minimum absolute atomic E-state index is 0.00201. The van der Waals surface area contributed by atoms with Gasteiger partial charge in [-0.2, -0.15) is 5.10 Å². The minimum Gasteiger partial charge on any atom is -0.457 e. The number of anilines is 2. The zero-order valence-electron chi connectivity index (χ0n) is 30.8. The van der Waals surface area contributed by atoms with Gasteiger partial charge in [0.25, 0.3) is 11.8 Å². The van der Waals surface area contributed by atoms with Gasteiger partial charge in [0.2, 0.25) is 11.8 Å². The summed E-state index contributed by atoms with van der Waals surface area (Å²) < 4.78 is 18.9. The molecule has 0 spiro atoms. The predicted molar refractivity (Wildman–Crippen MR) is 205 cm³/mol. The SMILES string of the molecule is Nc1ncnc2c1c(-c1ccc(Oc3ccccc3)cc1)nn2C1CCN(CCOCCOC(=O)Nc2ccc3c(c2)C(=O)N(C2CCC(=O)NC2=O)C3=O)CC1. The number of carbonyl (C=O) groups is 5. The Balaban J connectivity index is 0.778. The van der Waals surface area contributed by atoms with Gasteiger partial charge in [0.05, 0.1) is 35.8 Å². The monoisotopic (exact) mass is 773 g/mol. The van der Waals surface area contributed by atoms with Crippen LogP contribution >= 0.6 is 0 Å². The lowest BCUT2D eigenvalue weighted by Gasteiger charge is -2.32. The van der Waals surface area contributed by atoms with Gasteiger partial charge in [0.1, 0.15) is 42.0 Å². The number of piperidine rings is 2. The van der Waals surface area contributed by atoms with E-state index in [1.165, 1.54) is 24.5 Å². The first-order valence-electron chi connectivity index (χ1n) is 18.6. The number of nitrogens with one attached hydrogen (secondary N) is 2. The number of aromatic nitrogens is 4. The fourth-order valence-corrected chi connectivity index (χ4v) is 7.34. The maximum absolute atomic E-state index is 13.1. The molecule has 0 aliphatic carbocycles. The highest BCUT2D eigenvalue weighted by atomic mass is 16.6. The maximum atomic E-state index is 13.1. The first-order valence-corrected chi connectivity index (χ1v) is 18.6. The summed E-state index contributed by atoms with van der Waals surface area (Å²) in [7, 11) is 0. The molecule has 2 aromatic heterocycles. The summed E-state index contributed by atoms with van der Waals surface area (Å²) >= 11 is 0. The Bertz CT molecular complexity index is 2340. The molecule has 5 aromatic rings. The largest absolute Gasteiger partial charge is 0.457 e. The fourth-order valence-electron chi connectivity index (χ4n) is 7.34. The molecule has 0 saturated carbocycles. The van der Waals surface area contributed by atoms with Crippen molar-refractivity contribution in [3.05, 3.63) is 90.3 Å². The molecule has 292 valence electrons. The van der Waals surface area contributed by atoms with Crippen molar-refractivity contribution in [3.63, 3.8) is 0 Å². The van der Waals surface area contributed by atoms with E-state index < -0.39 is 35.8 Å². The van der Waals surface area contributed by atoms with Gasteiger partial charge >= 0.3 is 6.09 Å². The lowest BCUT2D eigenvalue weighted by atomic mass is 10.0. The number of carbonyl (C=O) groups excluding carboxylic acids is 5. The molecule has 1 unspecified atom stereocenters. The maximum Gasteiger partial charge on any atom is 0.411 e. The second kappa shape index (κ2) is 16.2. The smallest absolute Gasteiger partial charge is 0.411 e. The molecule has 0 bridgehead atoms. The minimum atomic E-state index is -1.08. The van der Waals surface area contributed by atoms with Gasteiger partial charge in [-0.15, -0.1) is 0 Å². The first kappa shape index (κ1) is 37.2. The lowest BCUT2D eigenvalue weighted by molar-refractivity contribution is -0.136. The number of nitrogens with two attached hydrogens (primary N) is 1.